The lowest BCUT2D eigenvalue weighted by atomic mass is 9.81. The molecule has 4 rings (SSSR count). The van der Waals surface area contributed by atoms with Crippen LogP contribution in [-0.4, -0.2) is 46.8 Å². The molecule has 0 aliphatic carbocycles. The second-order valence-corrected chi connectivity index (χ2v) is 6.78. The molecule has 2 aliphatic rings. The maximum Gasteiger partial charge on any atom is 0.0985 e. The van der Waals surface area contributed by atoms with Gasteiger partial charge in [0, 0.05) is 56.9 Å². The summed E-state index contributed by atoms with van der Waals surface area (Å²) in [5.74, 6) is 0.490. The summed E-state index contributed by atoms with van der Waals surface area (Å²) in [7, 11) is 0. The molecule has 0 amide bonds. The van der Waals surface area contributed by atoms with E-state index in [1.807, 2.05) is 30.6 Å². The van der Waals surface area contributed by atoms with Crippen molar-refractivity contribution in [1.82, 2.24) is 14.9 Å². The number of hydrogen-bond acceptors (Lipinski definition) is 5. The molecule has 1 atom stereocenters. The second-order valence-electron chi connectivity index (χ2n) is 6.78. The summed E-state index contributed by atoms with van der Waals surface area (Å²) >= 11 is 0. The molecule has 2 aliphatic heterocycles. The van der Waals surface area contributed by atoms with Crippen LogP contribution in [-0.2, 0) is 22.6 Å². The van der Waals surface area contributed by atoms with E-state index in [1.165, 1.54) is 11.1 Å². The summed E-state index contributed by atoms with van der Waals surface area (Å²) in [4.78, 5) is 10.6. The van der Waals surface area contributed by atoms with E-state index in [0.29, 0.717) is 12.5 Å². The van der Waals surface area contributed by atoms with E-state index in [2.05, 4.69) is 20.9 Å². The van der Waals surface area contributed by atoms with Crippen molar-refractivity contribution in [3.05, 3.63) is 60.2 Å². The van der Waals surface area contributed by atoms with Gasteiger partial charge >= 0.3 is 0 Å². The Morgan fingerprint density at radius 2 is 2.00 bits per heavy atom. The van der Waals surface area contributed by atoms with Crippen LogP contribution in [0.4, 0.5) is 0 Å². The summed E-state index contributed by atoms with van der Waals surface area (Å²) in [5, 5.41) is 0. The van der Waals surface area contributed by atoms with Gasteiger partial charge in [-0.25, -0.2) is 0 Å². The fourth-order valence-electron chi connectivity index (χ4n) is 3.74. The van der Waals surface area contributed by atoms with Crippen LogP contribution in [0.2, 0.25) is 0 Å². The van der Waals surface area contributed by atoms with Gasteiger partial charge in [0.2, 0.25) is 0 Å². The maximum absolute atomic E-state index is 6.11. The zero-order chi connectivity index (χ0) is 16.2. The predicted octanol–water partition coefficient (Wildman–Crippen LogP) is 2.28. The lowest BCUT2D eigenvalue weighted by Gasteiger charge is -2.50. The highest BCUT2D eigenvalue weighted by Crippen LogP contribution is 2.40. The highest BCUT2D eigenvalue weighted by Gasteiger charge is 2.52. The van der Waals surface area contributed by atoms with Crippen LogP contribution in [0, 0.1) is 5.92 Å². The number of aromatic nitrogens is 2. The average molecular weight is 325 g/mol. The molecule has 2 saturated heterocycles. The monoisotopic (exact) mass is 325 g/mol. The van der Waals surface area contributed by atoms with Gasteiger partial charge in [-0.3, -0.25) is 14.9 Å². The van der Waals surface area contributed by atoms with Crippen LogP contribution in [0.15, 0.2) is 49.1 Å². The first kappa shape index (κ1) is 15.7. The molecule has 5 heteroatoms. The Labute approximate surface area is 142 Å². The van der Waals surface area contributed by atoms with E-state index in [4.69, 9.17) is 9.47 Å². The normalized spacial score (nSPS) is 22.6. The van der Waals surface area contributed by atoms with Gasteiger partial charge in [-0.15, -0.1) is 0 Å². The Bertz CT molecular complexity index is 644. The minimum atomic E-state index is 0.000449. The Hall–Kier alpha value is -1.82. The predicted molar refractivity (Wildman–Crippen MR) is 90.2 cm³/mol. The molecule has 0 unspecified atom stereocenters. The number of ether oxygens (including phenoxy) is 2. The fraction of sp³-hybridized carbons (Fsp3) is 0.474. The molecule has 0 bridgehead atoms. The highest BCUT2D eigenvalue weighted by atomic mass is 16.5. The molecule has 24 heavy (non-hydrogen) atoms. The molecule has 5 nitrogen and oxygen atoms in total. The third kappa shape index (κ3) is 3.34. The molecule has 1 spiro atoms. The van der Waals surface area contributed by atoms with Gasteiger partial charge in [-0.2, -0.15) is 0 Å². The van der Waals surface area contributed by atoms with Crippen molar-refractivity contribution in [1.29, 1.82) is 0 Å². The van der Waals surface area contributed by atoms with Crippen LogP contribution < -0.4 is 0 Å². The minimum Gasteiger partial charge on any atom is -0.376 e. The lowest BCUT2D eigenvalue weighted by Crippen LogP contribution is -2.64. The van der Waals surface area contributed by atoms with Gasteiger partial charge < -0.3 is 9.47 Å². The van der Waals surface area contributed by atoms with Crippen molar-refractivity contribution >= 4 is 0 Å². The number of hydrogen-bond donors (Lipinski definition) is 0. The van der Waals surface area contributed by atoms with Crippen LogP contribution in [0.25, 0.3) is 0 Å². The Kier molecular flexibility index (Phi) is 4.56. The van der Waals surface area contributed by atoms with E-state index in [1.54, 1.807) is 12.4 Å². The summed E-state index contributed by atoms with van der Waals surface area (Å²) < 4.78 is 12.1. The van der Waals surface area contributed by atoms with Gasteiger partial charge in [0.25, 0.3) is 0 Å². The molecule has 0 saturated carbocycles. The number of pyridine rings is 2. The summed E-state index contributed by atoms with van der Waals surface area (Å²) in [6.45, 7) is 5.20. The first-order valence-electron chi connectivity index (χ1n) is 8.56. The molecular formula is C19H23N3O2. The zero-order valence-electron chi connectivity index (χ0n) is 13.8. The topological polar surface area (TPSA) is 47.5 Å². The summed E-state index contributed by atoms with van der Waals surface area (Å²) in [6, 6.07) is 8.12. The van der Waals surface area contributed by atoms with Crippen LogP contribution in [0.5, 0.6) is 0 Å². The van der Waals surface area contributed by atoms with Crippen LogP contribution in [0.3, 0.4) is 0 Å². The van der Waals surface area contributed by atoms with Gasteiger partial charge in [0.1, 0.15) is 0 Å². The molecule has 4 heterocycles. The Morgan fingerprint density at radius 1 is 1.12 bits per heavy atom. The molecule has 2 aromatic heterocycles. The van der Waals surface area contributed by atoms with E-state index >= 15 is 0 Å². The molecule has 0 radical (unpaired) electrons. The smallest absolute Gasteiger partial charge is 0.0985 e. The van der Waals surface area contributed by atoms with Crippen molar-refractivity contribution in [2.45, 2.75) is 25.2 Å². The number of rotatable bonds is 6. The van der Waals surface area contributed by atoms with Crippen molar-refractivity contribution < 1.29 is 9.47 Å². The van der Waals surface area contributed by atoms with Crippen LogP contribution in [0.1, 0.15) is 17.5 Å². The Balaban J connectivity index is 1.27. The van der Waals surface area contributed by atoms with Gasteiger partial charge in [0.15, 0.2) is 0 Å². The molecule has 0 aromatic carbocycles. The fourth-order valence-corrected chi connectivity index (χ4v) is 3.74. The second kappa shape index (κ2) is 6.97. The van der Waals surface area contributed by atoms with E-state index < -0.39 is 0 Å². The summed E-state index contributed by atoms with van der Waals surface area (Å²) in [5.41, 5.74) is 2.43. The Morgan fingerprint density at radius 3 is 2.79 bits per heavy atom. The van der Waals surface area contributed by atoms with Gasteiger partial charge in [-0.1, -0.05) is 6.07 Å². The zero-order valence-corrected chi connectivity index (χ0v) is 13.8. The van der Waals surface area contributed by atoms with Gasteiger partial charge in [0.05, 0.1) is 18.8 Å². The van der Waals surface area contributed by atoms with Gasteiger partial charge in [-0.05, 0) is 35.7 Å². The van der Waals surface area contributed by atoms with E-state index in [-0.39, 0.29) is 5.60 Å². The summed E-state index contributed by atoms with van der Waals surface area (Å²) in [6.07, 6.45) is 8.46. The highest BCUT2D eigenvalue weighted by molar-refractivity contribution is 5.12. The minimum absolute atomic E-state index is 0.000449. The maximum atomic E-state index is 6.11. The van der Waals surface area contributed by atoms with Crippen LogP contribution >= 0.6 is 0 Å². The van der Waals surface area contributed by atoms with E-state index in [9.17, 15) is 0 Å². The first-order valence-corrected chi connectivity index (χ1v) is 8.56. The van der Waals surface area contributed by atoms with Crippen molar-refractivity contribution in [3.63, 3.8) is 0 Å². The molecule has 0 N–H and O–H groups in total. The number of nitrogens with zero attached hydrogens (tertiary/aromatic N) is 3. The van der Waals surface area contributed by atoms with Crippen molar-refractivity contribution in [2.24, 2.45) is 5.92 Å². The SMILES string of the molecule is c1cncc(CN2CC3(C2)OCC[C@@H]3COCc2ccncc2)c1. The largest absolute Gasteiger partial charge is 0.376 e. The van der Waals surface area contributed by atoms with Crippen molar-refractivity contribution in [2.75, 3.05) is 26.3 Å². The third-order valence-corrected chi connectivity index (χ3v) is 5.05. The first-order chi connectivity index (χ1) is 11.8. The standard InChI is InChI=1S/C19H23N3O2/c1-2-17(10-21-6-1)11-22-14-19(15-22)18(5-9-24-19)13-23-12-16-3-7-20-8-4-16/h1-4,6-8,10,18H,5,9,11-15H2/t18-/m1/s1. The quantitative estimate of drug-likeness (QED) is 0.815. The third-order valence-electron chi connectivity index (χ3n) is 5.05. The molecular weight excluding hydrogens is 302 g/mol. The lowest BCUT2D eigenvalue weighted by molar-refractivity contribution is -0.146. The molecule has 2 aromatic rings. The van der Waals surface area contributed by atoms with Crippen molar-refractivity contribution in [3.8, 4) is 0 Å². The molecule has 2 fully saturated rings. The average Bonchev–Trinajstić information content (AvgIpc) is 3.00. The number of likely N-dealkylation sites (tertiary alicyclic amines) is 1. The molecule has 126 valence electrons. The van der Waals surface area contributed by atoms with E-state index in [0.717, 1.165) is 39.3 Å².